The van der Waals surface area contributed by atoms with E-state index in [1.54, 1.807) is 0 Å². The third-order valence-electron chi connectivity index (χ3n) is 6.40. The van der Waals surface area contributed by atoms with Gasteiger partial charge in [-0.15, -0.1) is 0 Å². The molecule has 22 heavy (non-hydrogen) atoms. The predicted molar refractivity (Wildman–Crippen MR) is 92.6 cm³/mol. The zero-order valence-electron chi connectivity index (χ0n) is 14.8. The van der Waals surface area contributed by atoms with Crippen LogP contribution in [0.2, 0.25) is 0 Å². The fourth-order valence-electron chi connectivity index (χ4n) is 4.62. The first-order chi connectivity index (χ1) is 10.4. The van der Waals surface area contributed by atoms with E-state index in [1.165, 1.54) is 12.0 Å². The van der Waals surface area contributed by atoms with Crippen LogP contribution in [0.25, 0.3) is 0 Å². The summed E-state index contributed by atoms with van der Waals surface area (Å²) in [6.45, 7) is 8.72. The van der Waals surface area contributed by atoms with Crippen molar-refractivity contribution in [1.29, 1.82) is 0 Å². The van der Waals surface area contributed by atoms with Crippen molar-refractivity contribution >= 4 is 0 Å². The highest BCUT2D eigenvalue weighted by Gasteiger charge is 2.47. The van der Waals surface area contributed by atoms with Crippen molar-refractivity contribution in [2.45, 2.75) is 84.3 Å². The van der Waals surface area contributed by atoms with Crippen molar-refractivity contribution in [3.63, 3.8) is 0 Å². The largest absolute Gasteiger partial charge is 0.393 e. The minimum atomic E-state index is -0.642. The maximum Gasteiger partial charge on any atom is 0.0822 e. The van der Waals surface area contributed by atoms with E-state index in [2.05, 4.69) is 26.0 Å². The average molecular weight is 306 g/mol. The molecule has 126 valence electrons. The molecule has 0 heterocycles. The number of rotatable bonds is 6. The van der Waals surface area contributed by atoms with Gasteiger partial charge in [0.15, 0.2) is 0 Å². The average Bonchev–Trinajstić information content (AvgIpc) is 2.85. The van der Waals surface area contributed by atoms with Crippen LogP contribution in [0.15, 0.2) is 23.8 Å². The molecule has 0 aromatic rings. The molecule has 2 aliphatic carbocycles. The standard InChI is InChI=1S/C20H34O2/c1-5-20(22,6-2)14-7-9-15(3)16-11-12-17-18(21)10-8-13-19(16,17)4/h7,11,14-15,17-18,21-22H,5-6,8-10,12-13H2,1-4H3/t15-,17?,18+,19-/m1/s1. The summed E-state index contributed by atoms with van der Waals surface area (Å²) in [5, 5.41) is 20.7. The van der Waals surface area contributed by atoms with Crippen molar-refractivity contribution < 1.29 is 10.2 Å². The van der Waals surface area contributed by atoms with E-state index in [0.717, 1.165) is 38.5 Å². The molecular weight excluding hydrogens is 272 g/mol. The Morgan fingerprint density at radius 1 is 1.41 bits per heavy atom. The highest BCUT2D eigenvalue weighted by atomic mass is 16.3. The SMILES string of the molecule is CCC(O)(C=CC[C@@H](C)C1=CCC2[C@@H](O)CCC[C@]12C)CC. The minimum absolute atomic E-state index is 0.125. The molecule has 0 aliphatic heterocycles. The van der Waals surface area contributed by atoms with Gasteiger partial charge in [0.05, 0.1) is 11.7 Å². The summed E-state index contributed by atoms with van der Waals surface area (Å²) in [6, 6.07) is 0. The van der Waals surface area contributed by atoms with E-state index in [0.29, 0.717) is 11.8 Å². The second-order valence-corrected chi connectivity index (χ2v) is 7.73. The van der Waals surface area contributed by atoms with Crippen LogP contribution in [0.5, 0.6) is 0 Å². The molecular formula is C20H34O2. The molecule has 2 nitrogen and oxygen atoms in total. The van der Waals surface area contributed by atoms with Crippen LogP contribution in [0.3, 0.4) is 0 Å². The normalized spacial score (nSPS) is 33.8. The van der Waals surface area contributed by atoms with Crippen molar-refractivity contribution in [1.82, 2.24) is 0 Å². The highest BCUT2D eigenvalue weighted by molar-refractivity contribution is 5.26. The molecule has 0 bridgehead atoms. The summed E-state index contributed by atoms with van der Waals surface area (Å²) in [7, 11) is 0. The van der Waals surface area contributed by atoms with Crippen LogP contribution in [0.4, 0.5) is 0 Å². The van der Waals surface area contributed by atoms with Crippen molar-refractivity contribution in [2.24, 2.45) is 17.3 Å². The van der Waals surface area contributed by atoms with Crippen LogP contribution in [-0.2, 0) is 0 Å². The minimum Gasteiger partial charge on any atom is -0.393 e. The van der Waals surface area contributed by atoms with Gasteiger partial charge in [0.1, 0.15) is 0 Å². The molecule has 4 atom stereocenters. The van der Waals surface area contributed by atoms with Crippen LogP contribution in [0.1, 0.15) is 72.6 Å². The number of hydrogen-bond donors (Lipinski definition) is 2. The Morgan fingerprint density at radius 2 is 2.09 bits per heavy atom. The Morgan fingerprint density at radius 3 is 2.73 bits per heavy atom. The molecule has 0 amide bonds. The highest BCUT2D eigenvalue weighted by Crippen LogP contribution is 2.55. The fraction of sp³-hybridized carbons (Fsp3) is 0.800. The smallest absolute Gasteiger partial charge is 0.0822 e. The van der Waals surface area contributed by atoms with E-state index in [1.807, 2.05) is 19.9 Å². The van der Waals surface area contributed by atoms with E-state index in [4.69, 9.17) is 0 Å². The Hall–Kier alpha value is -0.600. The second-order valence-electron chi connectivity index (χ2n) is 7.73. The van der Waals surface area contributed by atoms with E-state index >= 15 is 0 Å². The summed E-state index contributed by atoms with van der Waals surface area (Å²) in [5.41, 5.74) is 1.09. The first-order valence-electron chi connectivity index (χ1n) is 9.15. The van der Waals surface area contributed by atoms with E-state index in [9.17, 15) is 10.2 Å². The summed E-state index contributed by atoms with van der Waals surface area (Å²) in [6.07, 6.45) is 13.3. The predicted octanol–water partition coefficient (Wildman–Crippen LogP) is 4.62. The summed E-state index contributed by atoms with van der Waals surface area (Å²) in [5.74, 6) is 0.917. The lowest BCUT2D eigenvalue weighted by Crippen LogP contribution is -2.39. The van der Waals surface area contributed by atoms with Gasteiger partial charge in [0.25, 0.3) is 0 Å². The topological polar surface area (TPSA) is 40.5 Å². The quantitative estimate of drug-likeness (QED) is 0.703. The van der Waals surface area contributed by atoms with Crippen LogP contribution < -0.4 is 0 Å². The number of aliphatic hydroxyl groups excluding tert-OH is 1. The summed E-state index contributed by atoms with van der Waals surface area (Å²) in [4.78, 5) is 0. The van der Waals surface area contributed by atoms with Gasteiger partial charge in [-0.1, -0.05) is 51.5 Å². The van der Waals surface area contributed by atoms with Gasteiger partial charge in [-0.3, -0.25) is 0 Å². The second kappa shape index (κ2) is 6.88. The summed E-state index contributed by atoms with van der Waals surface area (Å²) >= 11 is 0. The van der Waals surface area contributed by atoms with Gasteiger partial charge in [-0.25, -0.2) is 0 Å². The molecule has 2 N–H and O–H groups in total. The maximum atomic E-state index is 10.3. The van der Waals surface area contributed by atoms with Crippen LogP contribution >= 0.6 is 0 Å². The molecule has 2 heteroatoms. The Kier molecular flexibility index (Phi) is 5.55. The molecule has 1 unspecified atom stereocenters. The zero-order chi connectivity index (χ0) is 16.4. The zero-order valence-corrected chi connectivity index (χ0v) is 14.8. The maximum absolute atomic E-state index is 10.3. The molecule has 0 aromatic heterocycles. The molecule has 0 saturated heterocycles. The Labute approximate surface area is 136 Å². The van der Waals surface area contributed by atoms with Gasteiger partial charge < -0.3 is 10.2 Å². The molecule has 0 aromatic carbocycles. The number of hydrogen-bond acceptors (Lipinski definition) is 2. The van der Waals surface area contributed by atoms with Gasteiger partial charge in [-0.2, -0.15) is 0 Å². The van der Waals surface area contributed by atoms with Crippen LogP contribution in [-0.4, -0.2) is 21.9 Å². The number of allylic oxidation sites excluding steroid dienone is 3. The number of fused-ring (bicyclic) bond motifs is 1. The van der Waals surface area contributed by atoms with Gasteiger partial charge in [0.2, 0.25) is 0 Å². The Balaban J connectivity index is 2.01. The molecule has 0 spiro atoms. The lowest BCUT2D eigenvalue weighted by molar-refractivity contribution is 0.00804. The monoisotopic (exact) mass is 306 g/mol. The van der Waals surface area contributed by atoms with Gasteiger partial charge >= 0.3 is 0 Å². The molecule has 1 fully saturated rings. The molecule has 2 aliphatic rings. The van der Waals surface area contributed by atoms with Crippen LogP contribution in [0, 0.1) is 17.3 Å². The van der Waals surface area contributed by atoms with Gasteiger partial charge in [-0.05, 0) is 62.2 Å². The third kappa shape index (κ3) is 3.33. The lowest BCUT2D eigenvalue weighted by atomic mass is 9.63. The molecule has 1 saturated carbocycles. The molecule has 2 rings (SSSR count). The fourth-order valence-corrected chi connectivity index (χ4v) is 4.62. The van der Waals surface area contributed by atoms with E-state index < -0.39 is 5.60 Å². The van der Waals surface area contributed by atoms with E-state index in [-0.39, 0.29) is 11.5 Å². The third-order valence-corrected chi connectivity index (χ3v) is 6.40. The first kappa shape index (κ1) is 17.7. The first-order valence-corrected chi connectivity index (χ1v) is 9.15. The van der Waals surface area contributed by atoms with Gasteiger partial charge in [0, 0.05) is 0 Å². The van der Waals surface area contributed by atoms with Crippen molar-refractivity contribution in [3.05, 3.63) is 23.8 Å². The van der Waals surface area contributed by atoms with Crippen molar-refractivity contribution in [2.75, 3.05) is 0 Å². The lowest BCUT2D eigenvalue weighted by Gasteiger charge is -2.43. The number of aliphatic hydroxyl groups is 2. The summed E-state index contributed by atoms with van der Waals surface area (Å²) < 4.78 is 0. The Bertz CT molecular complexity index is 433. The molecule has 0 radical (unpaired) electrons. The van der Waals surface area contributed by atoms with Crippen molar-refractivity contribution in [3.8, 4) is 0 Å².